The third kappa shape index (κ3) is 6.22. The van der Waals surface area contributed by atoms with Gasteiger partial charge in [0.25, 0.3) is 11.6 Å². The molecule has 0 unspecified atom stereocenters. The van der Waals surface area contributed by atoms with Gasteiger partial charge in [0.05, 0.1) is 9.82 Å². The fraction of sp³-hybridized carbons (Fsp3) is 0.300. The summed E-state index contributed by atoms with van der Waals surface area (Å²) in [6, 6.07) is 9.55. The fourth-order valence-corrected chi connectivity index (χ4v) is 5.06. The molecule has 2 aromatic rings. The molecular formula is C20H21ClN4O5S2. The summed E-state index contributed by atoms with van der Waals surface area (Å²) in [5, 5.41) is 16.0. The van der Waals surface area contributed by atoms with E-state index >= 15 is 0 Å². The van der Waals surface area contributed by atoms with E-state index in [1.54, 1.807) is 0 Å². The van der Waals surface area contributed by atoms with Gasteiger partial charge in [-0.3, -0.25) is 20.2 Å². The van der Waals surface area contributed by atoms with Crippen LogP contribution in [0.25, 0.3) is 0 Å². The van der Waals surface area contributed by atoms with E-state index in [9.17, 15) is 23.3 Å². The zero-order valence-corrected chi connectivity index (χ0v) is 19.2. The van der Waals surface area contributed by atoms with E-state index in [2.05, 4.69) is 15.4 Å². The lowest BCUT2D eigenvalue weighted by Gasteiger charge is -2.22. The normalized spacial score (nSPS) is 14.5. The average Bonchev–Trinajstić information content (AvgIpc) is 2.74. The van der Waals surface area contributed by atoms with E-state index in [4.69, 9.17) is 23.8 Å². The molecule has 2 aromatic carbocycles. The number of nitro groups is 1. The van der Waals surface area contributed by atoms with Crippen LogP contribution in [0.5, 0.6) is 0 Å². The molecule has 0 radical (unpaired) electrons. The maximum absolute atomic E-state index is 12.6. The Morgan fingerprint density at radius 1 is 1.09 bits per heavy atom. The van der Waals surface area contributed by atoms with Crippen molar-refractivity contribution in [3.8, 4) is 0 Å². The molecule has 0 bridgehead atoms. The van der Waals surface area contributed by atoms with Crippen LogP contribution in [0, 0.1) is 10.1 Å². The second-order valence-corrected chi connectivity index (χ2v) is 9.84. The standard InChI is InChI=1S/C20H21ClN4O5S2/c21-17-11-6-13(12-18(17)25(27)28)19(26)23-20(31)22-14-7-9-16(10-8-14)32(29,30)24-15-4-2-1-3-5-15/h6-12,15,24H,1-5H2,(H2,22,23,26,31). The van der Waals surface area contributed by atoms with E-state index in [0.717, 1.165) is 38.2 Å². The monoisotopic (exact) mass is 496 g/mol. The van der Waals surface area contributed by atoms with Crippen LogP contribution in [0.15, 0.2) is 47.4 Å². The third-order valence-corrected chi connectivity index (χ3v) is 7.04. The summed E-state index contributed by atoms with van der Waals surface area (Å²) >= 11 is 10.9. The van der Waals surface area contributed by atoms with Crippen LogP contribution in [0.2, 0.25) is 5.02 Å². The van der Waals surface area contributed by atoms with Crippen LogP contribution < -0.4 is 15.4 Å². The molecule has 0 spiro atoms. The van der Waals surface area contributed by atoms with Crippen molar-refractivity contribution in [1.82, 2.24) is 10.0 Å². The van der Waals surface area contributed by atoms with Gasteiger partial charge < -0.3 is 5.32 Å². The number of benzene rings is 2. The van der Waals surface area contributed by atoms with Gasteiger partial charge >= 0.3 is 0 Å². The molecule has 3 rings (SSSR count). The predicted octanol–water partition coefficient (Wildman–Crippen LogP) is 3.99. The largest absolute Gasteiger partial charge is 0.332 e. The highest BCUT2D eigenvalue weighted by Crippen LogP contribution is 2.25. The number of hydrogen-bond acceptors (Lipinski definition) is 6. The quantitative estimate of drug-likeness (QED) is 0.313. The van der Waals surface area contributed by atoms with E-state index < -0.39 is 26.5 Å². The zero-order valence-electron chi connectivity index (χ0n) is 16.8. The number of nitrogens with zero attached hydrogens (tertiary/aromatic N) is 1. The van der Waals surface area contributed by atoms with Gasteiger partial charge in [-0.15, -0.1) is 0 Å². The van der Waals surface area contributed by atoms with Gasteiger partial charge in [-0.25, -0.2) is 13.1 Å². The molecule has 0 heterocycles. The fourth-order valence-electron chi connectivity index (χ4n) is 3.36. The van der Waals surface area contributed by atoms with Crippen molar-refractivity contribution < 1.29 is 18.1 Å². The summed E-state index contributed by atoms with van der Waals surface area (Å²) < 4.78 is 27.9. The summed E-state index contributed by atoms with van der Waals surface area (Å²) in [7, 11) is -3.62. The first kappa shape index (κ1) is 24.1. The van der Waals surface area contributed by atoms with E-state index in [-0.39, 0.29) is 26.6 Å². The van der Waals surface area contributed by atoms with Crippen molar-refractivity contribution in [1.29, 1.82) is 0 Å². The Labute approximate surface area is 195 Å². The summed E-state index contributed by atoms with van der Waals surface area (Å²) in [4.78, 5) is 22.7. The Bertz CT molecular complexity index is 1130. The Hall–Kier alpha value is -2.60. The van der Waals surface area contributed by atoms with Crippen molar-refractivity contribution in [2.45, 2.75) is 43.0 Å². The molecule has 1 fully saturated rings. The van der Waals surface area contributed by atoms with Gasteiger partial charge in [0, 0.05) is 23.4 Å². The van der Waals surface area contributed by atoms with E-state index in [0.29, 0.717) is 5.69 Å². The smallest absolute Gasteiger partial charge is 0.288 e. The Balaban J connectivity index is 1.60. The number of anilines is 1. The van der Waals surface area contributed by atoms with Gasteiger partial charge in [0.2, 0.25) is 10.0 Å². The maximum atomic E-state index is 12.6. The first-order valence-corrected chi connectivity index (χ1v) is 12.1. The summed E-state index contributed by atoms with van der Waals surface area (Å²) in [6.07, 6.45) is 4.84. The molecule has 170 valence electrons. The molecule has 12 heteroatoms. The molecule has 1 amide bonds. The molecule has 32 heavy (non-hydrogen) atoms. The van der Waals surface area contributed by atoms with Gasteiger partial charge in [0.1, 0.15) is 5.02 Å². The number of amides is 1. The lowest BCUT2D eigenvalue weighted by atomic mass is 9.96. The Kier molecular flexibility index (Phi) is 7.77. The molecule has 1 aliphatic rings. The second kappa shape index (κ2) is 10.3. The SMILES string of the molecule is O=C(NC(=S)Nc1ccc(S(=O)(=O)NC2CCCCC2)cc1)c1ccc(Cl)c([N+](=O)[O-])c1. The van der Waals surface area contributed by atoms with Gasteiger partial charge in [-0.05, 0) is 61.5 Å². The van der Waals surface area contributed by atoms with Crippen molar-refractivity contribution in [2.75, 3.05) is 5.32 Å². The zero-order chi connectivity index (χ0) is 23.3. The van der Waals surface area contributed by atoms with Crippen molar-refractivity contribution in [2.24, 2.45) is 0 Å². The summed E-state index contributed by atoms with van der Waals surface area (Å²) in [6.45, 7) is 0. The highest BCUT2D eigenvalue weighted by atomic mass is 35.5. The highest BCUT2D eigenvalue weighted by Gasteiger charge is 2.22. The van der Waals surface area contributed by atoms with Gasteiger partial charge in [0.15, 0.2) is 5.11 Å². The van der Waals surface area contributed by atoms with Crippen LogP contribution >= 0.6 is 23.8 Å². The summed E-state index contributed by atoms with van der Waals surface area (Å²) in [5.41, 5.74) is 0.0892. The topological polar surface area (TPSA) is 130 Å². The number of carbonyl (C=O) groups excluding carboxylic acids is 1. The minimum absolute atomic E-state index is 0.0143. The summed E-state index contributed by atoms with van der Waals surface area (Å²) in [5.74, 6) is -0.654. The van der Waals surface area contributed by atoms with E-state index in [1.807, 2.05) is 0 Å². The average molecular weight is 497 g/mol. The Morgan fingerprint density at radius 2 is 1.75 bits per heavy atom. The molecule has 0 aliphatic heterocycles. The first-order valence-electron chi connectivity index (χ1n) is 9.84. The van der Waals surface area contributed by atoms with Crippen molar-refractivity contribution >= 4 is 56.2 Å². The van der Waals surface area contributed by atoms with Crippen LogP contribution in [0.3, 0.4) is 0 Å². The number of sulfonamides is 1. The molecule has 0 atom stereocenters. The highest BCUT2D eigenvalue weighted by molar-refractivity contribution is 7.89. The number of rotatable bonds is 6. The Morgan fingerprint density at radius 3 is 2.38 bits per heavy atom. The molecule has 9 nitrogen and oxygen atoms in total. The molecule has 3 N–H and O–H groups in total. The second-order valence-electron chi connectivity index (χ2n) is 7.31. The number of carbonyl (C=O) groups is 1. The van der Waals surface area contributed by atoms with E-state index in [1.165, 1.54) is 36.4 Å². The number of nitrogens with one attached hydrogen (secondary N) is 3. The van der Waals surface area contributed by atoms with Crippen molar-refractivity contribution in [3.05, 3.63) is 63.2 Å². The van der Waals surface area contributed by atoms with Crippen LogP contribution in [-0.2, 0) is 10.0 Å². The van der Waals surface area contributed by atoms with Crippen molar-refractivity contribution in [3.63, 3.8) is 0 Å². The van der Waals surface area contributed by atoms with Gasteiger partial charge in [-0.1, -0.05) is 30.9 Å². The number of nitro benzene ring substituents is 1. The number of thiocarbonyl (C=S) groups is 1. The minimum atomic E-state index is -3.62. The first-order chi connectivity index (χ1) is 15.2. The molecule has 1 aliphatic carbocycles. The molecule has 1 saturated carbocycles. The van der Waals surface area contributed by atoms with Crippen LogP contribution in [0.1, 0.15) is 42.5 Å². The number of halogens is 1. The molecular weight excluding hydrogens is 476 g/mol. The minimum Gasteiger partial charge on any atom is -0.332 e. The third-order valence-electron chi connectivity index (χ3n) is 4.98. The predicted molar refractivity (Wildman–Crippen MR) is 125 cm³/mol. The molecule has 0 saturated heterocycles. The maximum Gasteiger partial charge on any atom is 0.288 e. The molecule has 0 aromatic heterocycles. The number of hydrogen-bond donors (Lipinski definition) is 3. The lowest BCUT2D eigenvalue weighted by molar-refractivity contribution is -0.384. The van der Waals surface area contributed by atoms with Crippen LogP contribution in [0.4, 0.5) is 11.4 Å². The van der Waals surface area contributed by atoms with Gasteiger partial charge in [-0.2, -0.15) is 0 Å². The van der Waals surface area contributed by atoms with Crippen LogP contribution in [-0.4, -0.2) is 30.4 Å². The lowest BCUT2D eigenvalue weighted by Crippen LogP contribution is -2.36.